The molecule has 1 amide bonds. The van der Waals surface area contributed by atoms with Crippen molar-refractivity contribution in [3.05, 3.63) is 39.9 Å². The number of rotatable bonds is 3. The number of hydrogen-bond donors (Lipinski definition) is 1. The number of nitro benzene ring substituents is 1. The van der Waals surface area contributed by atoms with Crippen molar-refractivity contribution in [2.45, 2.75) is 25.6 Å². The molecule has 7 heteroatoms. The van der Waals surface area contributed by atoms with E-state index < -0.39 is 16.6 Å². The molecule has 0 aliphatic carbocycles. The van der Waals surface area contributed by atoms with Gasteiger partial charge in [0.1, 0.15) is 0 Å². The molecule has 0 spiro atoms. The number of morpholine rings is 1. The molecule has 114 valence electrons. The predicted molar refractivity (Wildman–Crippen MR) is 75.0 cm³/mol. The second-order valence-electron chi connectivity index (χ2n) is 5.68. The van der Waals surface area contributed by atoms with E-state index in [1.807, 2.05) is 13.8 Å². The van der Waals surface area contributed by atoms with E-state index in [4.69, 9.17) is 4.74 Å². The van der Waals surface area contributed by atoms with Gasteiger partial charge in [0.05, 0.1) is 23.2 Å². The third-order valence-corrected chi connectivity index (χ3v) is 3.28. The Labute approximate surface area is 122 Å². The second kappa shape index (κ2) is 5.79. The van der Waals surface area contributed by atoms with Gasteiger partial charge >= 0.3 is 0 Å². The molecule has 1 fully saturated rings. The molecular formula is C14H18N2O5. The minimum Gasteiger partial charge on any atom is -0.394 e. The molecule has 0 aromatic heterocycles. The maximum atomic E-state index is 12.5. The van der Waals surface area contributed by atoms with Gasteiger partial charge in [0, 0.05) is 30.8 Å². The van der Waals surface area contributed by atoms with Crippen LogP contribution in [-0.4, -0.2) is 52.2 Å². The van der Waals surface area contributed by atoms with E-state index in [1.165, 1.54) is 18.2 Å². The van der Waals surface area contributed by atoms with Crippen LogP contribution in [0.25, 0.3) is 0 Å². The van der Waals surface area contributed by atoms with Gasteiger partial charge < -0.3 is 14.7 Å². The molecule has 1 aromatic carbocycles. The van der Waals surface area contributed by atoms with E-state index in [1.54, 1.807) is 11.0 Å². The summed E-state index contributed by atoms with van der Waals surface area (Å²) in [5.41, 5.74) is -0.423. The Morgan fingerprint density at radius 3 is 2.90 bits per heavy atom. The molecule has 2 rings (SSSR count). The first-order valence-electron chi connectivity index (χ1n) is 6.65. The van der Waals surface area contributed by atoms with Crippen molar-refractivity contribution in [1.29, 1.82) is 0 Å². The molecule has 1 aliphatic rings. The Balaban J connectivity index is 2.22. The normalized spacial score (nSPS) is 21.1. The fourth-order valence-electron chi connectivity index (χ4n) is 2.48. The number of aliphatic hydroxyl groups excluding tert-OH is 1. The maximum absolute atomic E-state index is 12.5. The van der Waals surface area contributed by atoms with Gasteiger partial charge in [-0.3, -0.25) is 14.9 Å². The Bertz CT molecular complexity index is 558. The van der Waals surface area contributed by atoms with Gasteiger partial charge in [-0.15, -0.1) is 0 Å². The molecule has 1 aromatic rings. The van der Waals surface area contributed by atoms with Gasteiger partial charge in [0.2, 0.25) is 0 Å². The average molecular weight is 294 g/mol. The number of benzene rings is 1. The van der Waals surface area contributed by atoms with Gasteiger partial charge in [-0.05, 0) is 19.9 Å². The first-order valence-corrected chi connectivity index (χ1v) is 6.65. The fourth-order valence-corrected chi connectivity index (χ4v) is 2.48. The van der Waals surface area contributed by atoms with Crippen LogP contribution >= 0.6 is 0 Å². The molecule has 0 saturated carbocycles. The first kappa shape index (κ1) is 15.4. The summed E-state index contributed by atoms with van der Waals surface area (Å²) >= 11 is 0. The van der Waals surface area contributed by atoms with Crippen LogP contribution in [0.4, 0.5) is 5.69 Å². The molecule has 1 heterocycles. The number of carbonyl (C=O) groups is 1. The van der Waals surface area contributed by atoms with E-state index in [9.17, 15) is 20.0 Å². The number of carbonyl (C=O) groups excluding carboxylic acids is 1. The first-order chi connectivity index (χ1) is 9.82. The minimum absolute atomic E-state index is 0.118. The molecule has 7 nitrogen and oxygen atoms in total. The van der Waals surface area contributed by atoms with E-state index in [0.717, 1.165) is 0 Å². The quantitative estimate of drug-likeness (QED) is 0.668. The summed E-state index contributed by atoms with van der Waals surface area (Å²) in [7, 11) is 0. The van der Waals surface area contributed by atoms with Crippen LogP contribution in [0.1, 0.15) is 24.2 Å². The van der Waals surface area contributed by atoms with E-state index in [-0.39, 0.29) is 30.3 Å². The lowest BCUT2D eigenvalue weighted by Crippen LogP contribution is -2.55. The highest BCUT2D eigenvalue weighted by atomic mass is 16.6. The topological polar surface area (TPSA) is 92.9 Å². The molecule has 0 bridgehead atoms. The highest BCUT2D eigenvalue weighted by Crippen LogP contribution is 2.23. The summed E-state index contributed by atoms with van der Waals surface area (Å²) < 4.78 is 5.65. The molecule has 1 unspecified atom stereocenters. The van der Waals surface area contributed by atoms with E-state index >= 15 is 0 Å². The third-order valence-electron chi connectivity index (χ3n) is 3.28. The maximum Gasteiger partial charge on any atom is 0.270 e. The predicted octanol–water partition coefficient (Wildman–Crippen LogP) is 1.21. The van der Waals surface area contributed by atoms with E-state index in [0.29, 0.717) is 6.54 Å². The van der Waals surface area contributed by atoms with Crippen LogP contribution in [0.2, 0.25) is 0 Å². The Hall–Kier alpha value is -1.99. The highest BCUT2D eigenvalue weighted by molar-refractivity contribution is 5.95. The SMILES string of the molecule is CC1(C)CN(C(=O)c2cccc([N+](=O)[O-])c2)CC(CO)O1. The van der Waals surface area contributed by atoms with Crippen LogP contribution in [0.5, 0.6) is 0 Å². The number of nitro groups is 1. The number of hydrogen-bond acceptors (Lipinski definition) is 5. The van der Waals surface area contributed by atoms with Crippen LogP contribution in [0.15, 0.2) is 24.3 Å². The zero-order chi connectivity index (χ0) is 15.6. The summed E-state index contributed by atoms with van der Waals surface area (Å²) in [4.78, 5) is 24.3. The van der Waals surface area contributed by atoms with Crippen molar-refractivity contribution in [2.24, 2.45) is 0 Å². The van der Waals surface area contributed by atoms with Crippen molar-refractivity contribution < 1.29 is 19.6 Å². The van der Waals surface area contributed by atoms with Crippen molar-refractivity contribution in [2.75, 3.05) is 19.7 Å². The Kier molecular flexibility index (Phi) is 4.24. The van der Waals surface area contributed by atoms with E-state index in [2.05, 4.69) is 0 Å². The van der Waals surface area contributed by atoms with Crippen LogP contribution in [-0.2, 0) is 4.74 Å². The summed E-state index contributed by atoms with van der Waals surface area (Å²) in [5, 5.41) is 20.0. The van der Waals surface area contributed by atoms with Crippen LogP contribution in [0, 0.1) is 10.1 Å². The summed E-state index contributed by atoms with van der Waals surface area (Å²) in [6.45, 7) is 4.12. The highest BCUT2D eigenvalue weighted by Gasteiger charge is 2.35. The zero-order valence-corrected chi connectivity index (χ0v) is 12.0. The number of amides is 1. The molecule has 1 atom stereocenters. The monoisotopic (exact) mass is 294 g/mol. The van der Waals surface area contributed by atoms with Crippen LogP contribution in [0.3, 0.4) is 0 Å². The van der Waals surface area contributed by atoms with Gasteiger partial charge in [0.15, 0.2) is 0 Å². The molecular weight excluding hydrogens is 276 g/mol. The number of aliphatic hydroxyl groups is 1. The van der Waals surface area contributed by atoms with Crippen molar-refractivity contribution >= 4 is 11.6 Å². The molecule has 1 N–H and O–H groups in total. The molecule has 1 saturated heterocycles. The van der Waals surface area contributed by atoms with Crippen molar-refractivity contribution in [3.63, 3.8) is 0 Å². The van der Waals surface area contributed by atoms with Crippen molar-refractivity contribution in [1.82, 2.24) is 4.90 Å². The molecule has 1 aliphatic heterocycles. The largest absolute Gasteiger partial charge is 0.394 e. The van der Waals surface area contributed by atoms with Gasteiger partial charge in [-0.2, -0.15) is 0 Å². The lowest BCUT2D eigenvalue weighted by Gasteiger charge is -2.42. The number of non-ortho nitro benzene ring substituents is 1. The second-order valence-corrected chi connectivity index (χ2v) is 5.68. The molecule has 21 heavy (non-hydrogen) atoms. The fraction of sp³-hybridized carbons (Fsp3) is 0.500. The third kappa shape index (κ3) is 3.56. The van der Waals surface area contributed by atoms with Crippen molar-refractivity contribution in [3.8, 4) is 0 Å². The smallest absolute Gasteiger partial charge is 0.270 e. The summed E-state index contributed by atoms with van der Waals surface area (Å²) in [6.07, 6.45) is -0.448. The minimum atomic E-state index is -0.567. The van der Waals surface area contributed by atoms with Crippen LogP contribution < -0.4 is 0 Å². The average Bonchev–Trinajstić information content (AvgIpc) is 2.44. The van der Waals surface area contributed by atoms with Gasteiger partial charge in [0.25, 0.3) is 11.6 Å². The Morgan fingerprint density at radius 1 is 1.57 bits per heavy atom. The van der Waals surface area contributed by atoms with Gasteiger partial charge in [-0.25, -0.2) is 0 Å². The summed E-state index contributed by atoms with van der Waals surface area (Å²) in [5.74, 6) is -0.298. The standard InChI is InChI=1S/C14H18N2O5/c1-14(2)9-15(7-12(8-17)21-14)13(18)10-4-3-5-11(6-10)16(19)20/h3-6,12,17H,7-9H2,1-2H3. The van der Waals surface area contributed by atoms with Gasteiger partial charge in [-0.1, -0.05) is 6.07 Å². The summed E-state index contributed by atoms with van der Waals surface area (Å²) in [6, 6.07) is 5.64. The number of nitrogens with zero attached hydrogens (tertiary/aromatic N) is 2. The lowest BCUT2D eigenvalue weighted by atomic mass is 10.0. The number of ether oxygens (including phenoxy) is 1. The lowest BCUT2D eigenvalue weighted by molar-refractivity contribution is -0.384. The Morgan fingerprint density at radius 2 is 2.29 bits per heavy atom. The molecule has 0 radical (unpaired) electrons. The zero-order valence-electron chi connectivity index (χ0n) is 12.0.